The Hall–Kier alpha value is -3.24. The molecule has 0 aliphatic carbocycles. The summed E-state index contributed by atoms with van der Waals surface area (Å²) in [4.78, 5) is 0. The molecule has 0 fully saturated rings. The fraction of sp³-hybridized carbons (Fsp3) is 0. The van der Waals surface area contributed by atoms with E-state index in [2.05, 4.69) is 146 Å². The van der Waals surface area contributed by atoms with E-state index in [1.807, 2.05) is 0 Å². The molecule has 0 aromatic heterocycles. The number of hydrogen-bond donors (Lipinski definition) is 0. The Bertz CT molecular complexity index is 1200. The van der Waals surface area contributed by atoms with Crippen LogP contribution in [0.25, 0.3) is 0 Å². The summed E-state index contributed by atoms with van der Waals surface area (Å²) in [6.07, 6.45) is 0. The van der Waals surface area contributed by atoms with Gasteiger partial charge in [-0.3, -0.25) is 0 Å². The standard InChI is InChI=1S/C30H24OP2/c1-5-15-25(16-6-1)32(26-17-7-2-8-18-26)30-24-14-13-23-29(30)31-33(27-19-9-3-10-20-27)28-21-11-4-12-22-28/h1-24H. The lowest BCUT2D eigenvalue weighted by molar-refractivity contribution is 0.635. The average molecular weight is 462 g/mol. The maximum atomic E-state index is 6.92. The first kappa shape index (κ1) is 21.6. The summed E-state index contributed by atoms with van der Waals surface area (Å²) in [5.41, 5.74) is 0. The minimum absolute atomic E-state index is 0.750. The highest BCUT2D eigenvalue weighted by atomic mass is 31.1. The first-order valence-corrected chi connectivity index (χ1v) is 13.6. The molecule has 0 aliphatic rings. The van der Waals surface area contributed by atoms with E-state index in [9.17, 15) is 0 Å². The number of hydrogen-bond acceptors (Lipinski definition) is 1. The summed E-state index contributed by atoms with van der Waals surface area (Å²) < 4.78 is 6.92. The highest BCUT2D eigenvalue weighted by Crippen LogP contribution is 2.41. The molecule has 0 radical (unpaired) electrons. The molecule has 0 bridgehead atoms. The Balaban J connectivity index is 1.61. The fourth-order valence-electron chi connectivity index (χ4n) is 3.78. The van der Waals surface area contributed by atoms with Crippen molar-refractivity contribution in [3.8, 4) is 5.75 Å². The van der Waals surface area contributed by atoms with E-state index in [0.29, 0.717) is 0 Å². The van der Waals surface area contributed by atoms with Crippen LogP contribution in [0.5, 0.6) is 5.75 Å². The smallest absolute Gasteiger partial charge is 0.150 e. The van der Waals surface area contributed by atoms with Crippen molar-refractivity contribution in [3.05, 3.63) is 146 Å². The Kier molecular flexibility index (Phi) is 6.93. The average Bonchev–Trinajstić information content (AvgIpc) is 2.90. The topological polar surface area (TPSA) is 9.23 Å². The summed E-state index contributed by atoms with van der Waals surface area (Å²) >= 11 is 0. The van der Waals surface area contributed by atoms with E-state index in [-0.39, 0.29) is 0 Å². The van der Waals surface area contributed by atoms with Gasteiger partial charge in [-0.1, -0.05) is 140 Å². The van der Waals surface area contributed by atoms with E-state index in [1.54, 1.807) is 0 Å². The molecule has 0 N–H and O–H groups in total. The van der Waals surface area contributed by atoms with Crippen LogP contribution in [0.1, 0.15) is 0 Å². The second-order valence-corrected chi connectivity index (χ2v) is 11.5. The molecule has 0 heterocycles. The SMILES string of the molecule is c1ccc(P(Oc2ccccc2P(c2ccccc2)c2ccccc2)c2ccccc2)cc1. The molecule has 5 aromatic rings. The lowest BCUT2D eigenvalue weighted by Gasteiger charge is -2.25. The molecule has 0 saturated carbocycles. The highest BCUT2D eigenvalue weighted by Gasteiger charge is 2.23. The van der Waals surface area contributed by atoms with Crippen LogP contribution < -0.4 is 31.0 Å². The summed E-state index contributed by atoms with van der Waals surface area (Å²) in [7, 11) is -1.75. The van der Waals surface area contributed by atoms with Crippen molar-refractivity contribution in [2.24, 2.45) is 0 Å². The van der Waals surface area contributed by atoms with Gasteiger partial charge in [-0.05, 0) is 24.6 Å². The predicted octanol–water partition coefficient (Wildman–Crippen LogP) is 5.87. The van der Waals surface area contributed by atoms with Crippen LogP contribution in [0.2, 0.25) is 0 Å². The molecule has 160 valence electrons. The van der Waals surface area contributed by atoms with Crippen molar-refractivity contribution in [3.63, 3.8) is 0 Å². The summed E-state index contributed by atoms with van der Waals surface area (Å²) in [6.45, 7) is 0. The van der Waals surface area contributed by atoms with Crippen LogP contribution >= 0.6 is 16.1 Å². The van der Waals surface area contributed by atoms with Gasteiger partial charge in [-0.25, -0.2) is 0 Å². The zero-order valence-electron chi connectivity index (χ0n) is 18.2. The third-order valence-electron chi connectivity index (χ3n) is 5.31. The van der Waals surface area contributed by atoms with E-state index in [1.165, 1.54) is 26.5 Å². The fourth-order valence-corrected chi connectivity index (χ4v) is 7.97. The zero-order chi connectivity index (χ0) is 22.3. The first-order valence-electron chi connectivity index (χ1n) is 11.0. The van der Waals surface area contributed by atoms with Crippen molar-refractivity contribution in [1.29, 1.82) is 0 Å². The van der Waals surface area contributed by atoms with Crippen molar-refractivity contribution in [2.75, 3.05) is 0 Å². The van der Waals surface area contributed by atoms with Gasteiger partial charge in [0, 0.05) is 15.9 Å². The lowest BCUT2D eigenvalue weighted by atomic mass is 10.3. The molecule has 3 heteroatoms. The van der Waals surface area contributed by atoms with Crippen LogP contribution in [0.15, 0.2) is 146 Å². The molecule has 0 amide bonds. The van der Waals surface area contributed by atoms with Crippen LogP contribution in [-0.4, -0.2) is 0 Å². The minimum atomic E-state index is -0.996. The van der Waals surface area contributed by atoms with Crippen LogP contribution in [-0.2, 0) is 0 Å². The first-order chi connectivity index (χ1) is 16.4. The molecule has 5 aromatic carbocycles. The molecule has 0 aliphatic heterocycles. The zero-order valence-corrected chi connectivity index (χ0v) is 19.9. The predicted molar refractivity (Wildman–Crippen MR) is 145 cm³/mol. The van der Waals surface area contributed by atoms with Gasteiger partial charge in [0.05, 0.1) is 0 Å². The summed E-state index contributed by atoms with van der Waals surface area (Å²) in [5, 5.41) is 6.29. The Labute approximate surface area is 198 Å². The monoisotopic (exact) mass is 462 g/mol. The van der Waals surface area contributed by atoms with Gasteiger partial charge < -0.3 is 4.52 Å². The van der Waals surface area contributed by atoms with E-state index in [0.717, 1.165) is 5.75 Å². The Morgan fingerprint density at radius 3 is 1.18 bits per heavy atom. The lowest BCUT2D eigenvalue weighted by Crippen LogP contribution is -2.23. The second-order valence-electron chi connectivity index (χ2n) is 7.53. The van der Waals surface area contributed by atoms with Crippen molar-refractivity contribution >= 4 is 42.6 Å². The number of para-hydroxylation sites is 1. The molecule has 0 saturated heterocycles. The number of rotatable bonds is 7. The van der Waals surface area contributed by atoms with Gasteiger partial charge in [0.1, 0.15) is 5.75 Å². The van der Waals surface area contributed by atoms with E-state index in [4.69, 9.17) is 4.52 Å². The molecule has 0 unspecified atom stereocenters. The molecular formula is C30H24OP2. The van der Waals surface area contributed by atoms with E-state index < -0.39 is 16.1 Å². The maximum absolute atomic E-state index is 6.92. The summed E-state index contributed by atoms with van der Waals surface area (Å²) in [5.74, 6) is 0.954. The third-order valence-corrected chi connectivity index (χ3v) is 9.70. The van der Waals surface area contributed by atoms with Gasteiger partial charge in [-0.2, -0.15) is 0 Å². The second kappa shape index (κ2) is 10.6. The third kappa shape index (κ3) is 5.07. The van der Waals surface area contributed by atoms with Crippen LogP contribution in [0.4, 0.5) is 0 Å². The molecule has 33 heavy (non-hydrogen) atoms. The molecular weight excluding hydrogens is 438 g/mol. The van der Waals surface area contributed by atoms with Gasteiger partial charge in [0.2, 0.25) is 0 Å². The van der Waals surface area contributed by atoms with Crippen molar-refractivity contribution in [1.82, 2.24) is 0 Å². The molecule has 5 rings (SSSR count). The van der Waals surface area contributed by atoms with Crippen molar-refractivity contribution in [2.45, 2.75) is 0 Å². The normalized spacial score (nSPS) is 11.0. The Morgan fingerprint density at radius 2 is 0.727 bits per heavy atom. The number of benzene rings is 5. The van der Waals surface area contributed by atoms with E-state index >= 15 is 0 Å². The molecule has 1 nitrogen and oxygen atoms in total. The summed E-state index contributed by atoms with van der Waals surface area (Å²) in [6, 6.07) is 51.2. The van der Waals surface area contributed by atoms with Gasteiger partial charge >= 0.3 is 0 Å². The quantitative estimate of drug-likeness (QED) is 0.275. The Morgan fingerprint density at radius 1 is 0.364 bits per heavy atom. The van der Waals surface area contributed by atoms with Crippen LogP contribution in [0.3, 0.4) is 0 Å². The van der Waals surface area contributed by atoms with Crippen molar-refractivity contribution < 1.29 is 4.52 Å². The highest BCUT2D eigenvalue weighted by molar-refractivity contribution is 7.80. The van der Waals surface area contributed by atoms with Gasteiger partial charge in [-0.15, -0.1) is 0 Å². The minimum Gasteiger partial charge on any atom is -0.464 e. The maximum Gasteiger partial charge on any atom is 0.150 e. The van der Waals surface area contributed by atoms with Gasteiger partial charge in [0.25, 0.3) is 0 Å². The molecule has 0 atom stereocenters. The van der Waals surface area contributed by atoms with Gasteiger partial charge in [0.15, 0.2) is 8.15 Å². The molecule has 0 spiro atoms. The largest absolute Gasteiger partial charge is 0.464 e. The van der Waals surface area contributed by atoms with Crippen LogP contribution in [0, 0.1) is 0 Å².